The van der Waals surface area contributed by atoms with Crippen molar-refractivity contribution in [3.05, 3.63) is 47.1 Å². The van der Waals surface area contributed by atoms with Crippen molar-refractivity contribution in [1.82, 2.24) is 20.4 Å². The zero-order valence-electron chi connectivity index (χ0n) is 14.0. The number of aromatic nitrogens is 2. The van der Waals surface area contributed by atoms with Crippen LogP contribution in [0, 0.1) is 19.8 Å². The Hall–Kier alpha value is -2.21. The quantitative estimate of drug-likeness (QED) is 0.931. The number of fused-ring (bicyclic) bond motifs is 2. The molecular formula is C18H22N4O2. The zero-order valence-corrected chi connectivity index (χ0v) is 14.0. The summed E-state index contributed by atoms with van der Waals surface area (Å²) in [7, 11) is 0. The van der Waals surface area contributed by atoms with Crippen LogP contribution in [-0.4, -0.2) is 39.6 Å². The van der Waals surface area contributed by atoms with Gasteiger partial charge in [-0.1, -0.05) is 11.2 Å². The largest absolute Gasteiger partial charge is 0.361 e. The fourth-order valence-corrected chi connectivity index (χ4v) is 4.19. The van der Waals surface area contributed by atoms with Crippen molar-refractivity contribution in [3.8, 4) is 0 Å². The van der Waals surface area contributed by atoms with Crippen molar-refractivity contribution in [1.29, 1.82) is 0 Å². The number of likely N-dealkylation sites (tertiary alicyclic amines) is 1. The summed E-state index contributed by atoms with van der Waals surface area (Å²) in [5.41, 5.74) is 2.50. The Morgan fingerprint density at radius 2 is 2.29 bits per heavy atom. The molecule has 1 aliphatic carbocycles. The molecule has 4 rings (SSSR count). The fraction of sp³-hybridized carbons (Fsp3) is 0.500. The van der Waals surface area contributed by atoms with E-state index in [1.807, 2.05) is 19.2 Å². The third-order valence-electron chi connectivity index (χ3n) is 5.34. The number of pyridine rings is 1. The Labute approximate surface area is 141 Å². The van der Waals surface area contributed by atoms with Crippen LogP contribution in [0.4, 0.5) is 0 Å². The number of nitrogens with one attached hydrogen (secondary N) is 1. The molecule has 0 radical (unpaired) electrons. The number of piperidine rings is 1. The number of rotatable bonds is 4. The molecule has 1 saturated carbocycles. The van der Waals surface area contributed by atoms with Crippen LogP contribution < -0.4 is 5.32 Å². The predicted octanol–water partition coefficient (Wildman–Crippen LogP) is 2.08. The minimum atomic E-state index is -0.0531. The molecule has 2 aromatic heterocycles. The second-order valence-corrected chi connectivity index (χ2v) is 6.96. The van der Waals surface area contributed by atoms with Gasteiger partial charge in [0.25, 0.3) is 5.91 Å². The molecule has 3 unspecified atom stereocenters. The molecule has 2 bridgehead atoms. The Bertz CT molecular complexity index is 723. The standard InChI is InChI=1S/C18H22N4O2/c1-11-17(12(2)24-21-11)18(23)20-16-7-15-6-14(16)10-22(15)9-13-4-3-5-19-8-13/h3-5,8,14-16H,6-7,9-10H2,1-2H3,(H,20,23). The lowest BCUT2D eigenvalue weighted by molar-refractivity contribution is 0.0902. The average Bonchev–Trinajstić information content (AvgIpc) is 3.23. The van der Waals surface area contributed by atoms with Crippen molar-refractivity contribution in [2.75, 3.05) is 6.54 Å². The maximum atomic E-state index is 12.5. The van der Waals surface area contributed by atoms with Crippen LogP contribution in [0.1, 0.15) is 40.2 Å². The van der Waals surface area contributed by atoms with E-state index in [-0.39, 0.29) is 11.9 Å². The highest BCUT2D eigenvalue weighted by Crippen LogP contribution is 2.38. The molecule has 1 saturated heterocycles. The lowest BCUT2D eigenvalue weighted by atomic mass is 10.0. The van der Waals surface area contributed by atoms with Gasteiger partial charge in [-0.2, -0.15) is 0 Å². The van der Waals surface area contributed by atoms with Crippen LogP contribution in [-0.2, 0) is 6.54 Å². The Morgan fingerprint density at radius 1 is 1.42 bits per heavy atom. The summed E-state index contributed by atoms with van der Waals surface area (Å²) in [5, 5.41) is 7.07. The first kappa shape index (κ1) is 15.3. The van der Waals surface area contributed by atoms with Crippen molar-refractivity contribution >= 4 is 5.91 Å². The molecule has 1 N–H and O–H groups in total. The monoisotopic (exact) mass is 326 g/mol. The fourth-order valence-electron chi connectivity index (χ4n) is 4.19. The van der Waals surface area contributed by atoms with E-state index in [1.54, 1.807) is 13.1 Å². The number of amides is 1. The van der Waals surface area contributed by atoms with Gasteiger partial charge in [0.2, 0.25) is 0 Å². The van der Waals surface area contributed by atoms with Gasteiger partial charge in [0.15, 0.2) is 0 Å². The molecule has 126 valence electrons. The van der Waals surface area contributed by atoms with Gasteiger partial charge in [0, 0.05) is 37.6 Å². The van der Waals surface area contributed by atoms with Crippen LogP contribution in [0.15, 0.2) is 29.0 Å². The van der Waals surface area contributed by atoms with Gasteiger partial charge in [-0.3, -0.25) is 14.7 Å². The van der Waals surface area contributed by atoms with E-state index in [1.165, 1.54) is 5.56 Å². The van der Waals surface area contributed by atoms with Crippen LogP contribution in [0.25, 0.3) is 0 Å². The minimum absolute atomic E-state index is 0.0531. The predicted molar refractivity (Wildman–Crippen MR) is 88.4 cm³/mol. The van der Waals surface area contributed by atoms with E-state index < -0.39 is 0 Å². The lowest BCUT2D eigenvalue weighted by Crippen LogP contribution is -2.45. The summed E-state index contributed by atoms with van der Waals surface area (Å²) in [6.07, 6.45) is 5.91. The van der Waals surface area contributed by atoms with Crippen LogP contribution in [0.3, 0.4) is 0 Å². The second kappa shape index (κ2) is 6.02. The van der Waals surface area contributed by atoms with Crippen LogP contribution in [0.5, 0.6) is 0 Å². The van der Waals surface area contributed by atoms with Gasteiger partial charge < -0.3 is 9.84 Å². The average molecular weight is 326 g/mol. The highest BCUT2D eigenvalue weighted by atomic mass is 16.5. The molecule has 2 aromatic rings. The molecule has 6 heteroatoms. The molecular weight excluding hydrogens is 304 g/mol. The molecule has 0 spiro atoms. The van der Waals surface area contributed by atoms with Crippen LogP contribution in [0.2, 0.25) is 0 Å². The number of carbonyl (C=O) groups excluding carboxylic acids is 1. The molecule has 3 heterocycles. The highest BCUT2D eigenvalue weighted by molar-refractivity contribution is 5.96. The Morgan fingerprint density at radius 3 is 2.92 bits per heavy atom. The van der Waals surface area contributed by atoms with Gasteiger partial charge >= 0.3 is 0 Å². The number of hydrogen-bond donors (Lipinski definition) is 1. The number of aryl methyl sites for hydroxylation is 2. The van der Waals surface area contributed by atoms with Gasteiger partial charge in [-0.15, -0.1) is 0 Å². The smallest absolute Gasteiger partial charge is 0.257 e. The highest BCUT2D eigenvalue weighted by Gasteiger charge is 2.45. The number of nitrogens with zero attached hydrogens (tertiary/aromatic N) is 3. The zero-order chi connectivity index (χ0) is 16.7. The maximum absolute atomic E-state index is 12.5. The van der Waals surface area contributed by atoms with E-state index in [9.17, 15) is 4.79 Å². The Balaban J connectivity index is 1.37. The molecule has 24 heavy (non-hydrogen) atoms. The molecule has 3 atom stereocenters. The molecule has 0 aromatic carbocycles. The molecule has 1 aliphatic heterocycles. The summed E-state index contributed by atoms with van der Waals surface area (Å²) in [5.74, 6) is 1.06. The normalized spacial score (nSPS) is 26.0. The summed E-state index contributed by atoms with van der Waals surface area (Å²) in [6.45, 7) is 5.57. The Kier molecular flexibility index (Phi) is 3.84. The maximum Gasteiger partial charge on any atom is 0.257 e. The van der Waals surface area contributed by atoms with Crippen LogP contribution >= 0.6 is 0 Å². The van der Waals surface area contributed by atoms with E-state index in [4.69, 9.17) is 4.52 Å². The summed E-state index contributed by atoms with van der Waals surface area (Å²) < 4.78 is 5.10. The number of carbonyl (C=O) groups is 1. The summed E-state index contributed by atoms with van der Waals surface area (Å²) in [4.78, 5) is 19.2. The van der Waals surface area contributed by atoms with E-state index in [0.29, 0.717) is 29.0 Å². The SMILES string of the molecule is Cc1noc(C)c1C(=O)NC1CC2CC1CN2Cc1cccnc1. The van der Waals surface area contributed by atoms with Crippen molar-refractivity contribution in [2.45, 2.75) is 45.3 Å². The number of hydrogen-bond acceptors (Lipinski definition) is 5. The summed E-state index contributed by atoms with van der Waals surface area (Å²) >= 11 is 0. The van der Waals surface area contributed by atoms with Gasteiger partial charge in [0.05, 0.1) is 5.69 Å². The van der Waals surface area contributed by atoms with E-state index in [2.05, 4.69) is 26.4 Å². The first-order valence-corrected chi connectivity index (χ1v) is 8.48. The third-order valence-corrected chi connectivity index (χ3v) is 5.34. The van der Waals surface area contributed by atoms with Crippen molar-refractivity contribution in [3.63, 3.8) is 0 Å². The van der Waals surface area contributed by atoms with Crippen molar-refractivity contribution in [2.24, 2.45) is 5.92 Å². The molecule has 1 amide bonds. The van der Waals surface area contributed by atoms with Gasteiger partial charge in [0.1, 0.15) is 11.3 Å². The molecule has 2 aliphatic rings. The second-order valence-electron chi connectivity index (χ2n) is 6.96. The van der Waals surface area contributed by atoms with Gasteiger partial charge in [-0.05, 0) is 44.2 Å². The van der Waals surface area contributed by atoms with Crippen molar-refractivity contribution < 1.29 is 9.32 Å². The molecule has 2 fully saturated rings. The van der Waals surface area contributed by atoms with Gasteiger partial charge in [-0.25, -0.2) is 0 Å². The first-order chi connectivity index (χ1) is 11.6. The topological polar surface area (TPSA) is 71.3 Å². The van der Waals surface area contributed by atoms with E-state index in [0.717, 1.165) is 25.9 Å². The summed E-state index contributed by atoms with van der Waals surface area (Å²) in [6, 6.07) is 4.90. The van der Waals surface area contributed by atoms with E-state index >= 15 is 0 Å². The first-order valence-electron chi connectivity index (χ1n) is 8.48. The third kappa shape index (κ3) is 2.71. The lowest BCUT2D eigenvalue weighted by Gasteiger charge is -2.31. The minimum Gasteiger partial charge on any atom is -0.361 e. The molecule has 6 nitrogen and oxygen atoms in total.